The Balaban J connectivity index is 0.00000225. The highest BCUT2D eigenvalue weighted by Crippen LogP contribution is 1.97. The molecule has 5 nitrogen and oxygen atoms in total. The normalized spacial score (nSPS) is 9.06. The second-order valence-electron chi connectivity index (χ2n) is 2.95. The van der Waals surface area contributed by atoms with Crippen molar-refractivity contribution in [3.05, 3.63) is 30.1 Å². The summed E-state index contributed by atoms with van der Waals surface area (Å²) in [7, 11) is 0. The number of nitrogens with zero attached hydrogens (tertiary/aromatic N) is 1. The molecule has 2 N–H and O–H groups in total. The molecule has 1 amide bonds. The first-order valence-corrected chi connectivity index (χ1v) is 4.58. The van der Waals surface area contributed by atoms with Crippen molar-refractivity contribution in [2.24, 2.45) is 5.73 Å². The topological polar surface area (TPSA) is 73.3 Å². The minimum atomic E-state index is -0.457. The van der Waals surface area contributed by atoms with Crippen LogP contribution in [-0.2, 0) is 16.1 Å². The van der Waals surface area contributed by atoms with E-state index in [1.807, 2.05) is 0 Å². The Morgan fingerprint density at radius 2 is 2.19 bits per heavy atom. The predicted molar refractivity (Wildman–Crippen MR) is 67.2 cm³/mol. The van der Waals surface area contributed by atoms with E-state index in [9.17, 15) is 9.59 Å². The summed E-state index contributed by atoms with van der Waals surface area (Å²) in [6.45, 7) is 2.11. The minimum Gasteiger partial charge on any atom is -0.462 e. The van der Waals surface area contributed by atoms with Gasteiger partial charge in [-0.25, -0.2) is 4.79 Å². The van der Waals surface area contributed by atoms with E-state index in [1.54, 1.807) is 25.3 Å². The van der Waals surface area contributed by atoms with Gasteiger partial charge in [-0.1, -0.05) is 0 Å². The Kier molecular flexibility index (Phi) is 6.63. The Morgan fingerprint density at radius 1 is 1.50 bits per heavy atom. The second-order valence-corrected chi connectivity index (χ2v) is 2.95. The largest absolute Gasteiger partial charge is 0.462 e. The maximum Gasteiger partial charge on any atom is 0.344 e. The van der Waals surface area contributed by atoms with E-state index < -0.39 is 11.9 Å². The molecule has 6 heteroatoms. The molecule has 0 bridgehead atoms. The van der Waals surface area contributed by atoms with Gasteiger partial charge in [0.25, 0.3) is 5.91 Å². The van der Waals surface area contributed by atoms with Crippen molar-refractivity contribution in [2.45, 2.75) is 13.5 Å². The Bertz CT molecular complexity index is 382. The Labute approximate surface area is 111 Å². The highest BCUT2D eigenvalue weighted by molar-refractivity contribution is 14.0. The number of esters is 1. The summed E-state index contributed by atoms with van der Waals surface area (Å²) in [4.78, 5) is 22.0. The molecule has 0 fully saturated rings. The average Bonchev–Trinajstić information content (AvgIpc) is 2.17. The number of pyridine rings is 1. The van der Waals surface area contributed by atoms with E-state index in [2.05, 4.69) is 0 Å². The van der Waals surface area contributed by atoms with Gasteiger partial charge in [-0.15, -0.1) is 24.0 Å². The van der Waals surface area contributed by atoms with Crippen LogP contribution >= 0.6 is 24.0 Å². The van der Waals surface area contributed by atoms with Crippen molar-refractivity contribution in [3.63, 3.8) is 0 Å². The molecule has 88 valence electrons. The molecular weight excluding hydrogens is 323 g/mol. The number of ether oxygens (including phenoxy) is 1. The standard InChI is InChI=1S/C10H12N2O3.HI/c1-2-15-10(14)8-4-3-5-12(6-8)7-9(11)13;/h3-6H,2,7H2,1H3,(H-,11,13);1H/p+1. The number of amides is 1. The molecule has 0 radical (unpaired) electrons. The van der Waals surface area contributed by atoms with Gasteiger partial charge < -0.3 is 10.5 Å². The first kappa shape index (κ1) is 14.8. The third kappa shape index (κ3) is 4.56. The summed E-state index contributed by atoms with van der Waals surface area (Å²) in [5.74, 6) is -0.864. The van der Waals surface area contributed by atoms with Crippen LogP contribution in [0.4, 0.5) is 0 Å². The van der Waals surface area contributed by atoms with Crippen LogP contribution in [0, 0.1) is 0 Å². The molecule has 0 atom stereocenters. The van der Waals surface area contributed by atoms with Gasteiger partial charge >= 0.3 is 5.97 Å². The van der Waals surface area contributed by atoms with E-state index in [0.29, 0.717) is 12.2 Å². The van der Waals surface area contributed by atoms with E-state index >= 15 is 0 Å². The van der Waals surface area contributed by atoms with Crippen molar-refractivity contribution >= 4 is 35.9 Å². The van der Waals surface area contributed by atoms with Crippen LogP contribution in [-0.4, -0.2) is 18.5 Å². The number of halogens is 1. The van der Waals surface area contributed by atoms with Crippen LogP contribution in [0.2, 0.25) is 0 Å². The molecular formula is C10H14IN2O3+. The molecule has 0 aliphatic rings. The number of hydrogen-bond donors (Lipinski definition) is 1. The number of primary amides is 1. The van der Waals surface area contributed by atoms with E-state index in [1.165, 1.54) is 10.8 Å². The molecule has 0 unspecified atom stereocenters. The van der Waals surface area contributed by atoms with Crippen LogP contribution in [0.15, 0.2) is 24.5 Å². The molecule has 0 saturated carbocycles. The maximum absolute atomic E-state index is 11.3. The molecule has 16 heavy (non-hydrogen) atoms. The fraction of sp³-hybridized carbons (Fsp3) is 0.300. The number of carbonyl (C=O) groups excluding carboxylic acids is 2. The minimum absolute atomic E-state index is 0. The van der Waals surface area contributed by atoms with Crippen LogP contribution in [0.5, 0.6) is 0 Å². The quantitative estimate of drug-likeness (QED) is 0.486. The Hall–Kier alpha value is -1.18. The number of aromatic nitrogens is 1. The van der Waals surface area contributed by atoms with Crippen molar-refractivity contribution in [2.75, 3.05) is 6.61 Å². The van der Waals surface area contributed by atoms with E-state index in [-0.39, 0.29) is 30.5 Å². The summed E-state index contributed by atoms with van der Waals surface area (Å²) in [5.41, 5.74) is 5.44. The zero-order valence-electron chi connectivity index (χ0n) is 8.88. The van der Waals surface area contributed by atoms with Crippen LogP contribution in [0.3, 0.4) is 0 Å². The molecule has 1 aromatic heterocycles. The predicted octanol–water partition coefficient (Wildman–Crippen LogP) is 0.254. The van der Waals surface area contributed by atoms with Gasteiger partial charge in [-0.2, -0.15) is 4.57 Å². The van der Waals surface area contributed by atoms with Gasteiger partial charge in [-0.05, 0) is 13.0 Å². The lowest BCUT2D eigenvalue weighted by Gasteiger charge is -2.00. The number of carbonyl (C=O) groups is 2. The first-order valence-electron chi connectivity index (χ1n) is 4.58. The fourth-order valence-corrected chi connectivity index (χ4v) is 1.14. The summed E-state index contributed by atoms with van der Waals surface area (Å²) >= 11 is 0. The first-order chi connectivity index (χ1) is 7.13. The van der Waals surface area contributed by atoms with E-state index in [0.717, 1.165) is 0 Å². The van der Waals surface area contributed by atoms with Crippen molar-refractivity contribution in [3.8, 4) is 0 Å². The number of rotatable bonds is 4. The van der Waals surface area contributed by atoms with Gasteiger partial charge in [0, 0.05) is 6.07 Å². The third-order valence-corrected chi connectivity index (χ3v) is 1.71. The Morgan fingerprint density at radius 3 is 2.75 bits per heavy atom. The summed E-state index contributed by atoms with van der Waals surface area (Å²) in [6.07, 6.45) is 3.19. The lowest BCUT2D eigenvalue weighted by molar-refractivity contribution is -0.684. The van der Waals surface area contributed by atoms with Gasteiger partial charge in [0.1, 0.15) is 5.56 Å². The maximum atomic E-state index is 11.3. The highest BCUT2D eigenvalue weighted by Gasteiger charge is 2.12. The highest BCUT2D eigenvalue weighted by atomic mass is 127. The van der Waals surface area contributed by atoms with Crippen LogP contribution in [0.25, 0.3) is 0 Å². The van der Waals surface area contributed by atoms with Crippen LogP contribution in [0.1, 0.15) is 17.3 Å². The fourth-order valence-electron chi connectivity index (χ4n) is 1.14. The lowest BCUT2D eigenvalue weighted by atomic mass is 10.3. The van der Waals surface area contributed by atoms with Gasteiger partial charge in [0.15, 0.2) is 12.4 Å². The zero-order valence-corrected chi connectivity index (χ0v) is 11.2. The molecule has 1 aromatic rings. The average molecular weight is 337 g/mol. The van der Waals surface area contributed by atoms with Gasteiger partial charge in [0.05, 0.1) is 6.61 Å². The monoisotopic (exact) mass is 337 g/mol. The van der Waals surface area contributed by atoms with Crippen molar-refractivity contribution in [1.29, 1.82) is 0 Å². The van der Waals surface area contributed by atoms with Crippen LogP contribution < -0.4 is 10.3 Å². The SMILES string of the molecule is CCOC(=O)c1ccc[n+](CC(N)=O)c1.I. The third-order valence-electron chi connectivity index (χ3n) is 1.71. The molecule has 0 aliphatic heterocycles. The molecule has 1 heterocycles. The summed E-state index contributed by atoms with van der Waals surface area (Å²) in [6, 6.07) is 3.28. The number of nitrogens with two attached hydrogens (primary N) is 1. The lowest BCUT2D eigenvalue weighted by Crippen LogP contribution is -2.40. The molecule has 1 rings (SSSR count). The smallest absolute Gasteiger partial charge is 0.344 e. The summed E-state index contributed by atoms with van der Waals surface area (Å²) < 4.78 is 6.36. The van der Waals surface area contributed by atoms with Crippen molar-refractivity contribution < 1.29 is 18.9 Å². The zero-order chi connectivity index (χ0) is 11.3. The molecule has 0 spiro atoms. The molecule has 0 aliphatic carbocycles. The van der Waals surface area contributed by atoms with Gasteiger partial charge in [0.2, 0.25) is 6.54 Å². The van der Waals surface area contributed by atoms with E-state index in [4.69, 9.17) is 10.5 Å². The number of hydrogen-bond acceptors (Lipinski definition) is 3. The molecule has 0 aromatic carbocycles. The van der Waals surface area contributed by atoms with Gasteiger partial charge in [-0.3, -0.25) is 4.79 Å². The molecule has 0 saturated heterocycles. The van der Waals surface area contributed by atoms with Crippen molar-refractivity contribution in [1.82, 2.24) is 0 Å². The summed E-state index contributed by atoms with van der Waals surface area (Å²) in [5, 5.41) is 0. The second kappa shape index (κ2) is 7.15.